The summed E-state index contributed by atoms with van der Waals surface area (Å²) in [5, 5.41) is 0. The van der Waals surface area contributed by atoms with Gasteiger partial charge in [0, 0.05) is 24.2 Å². The quantitative estimate of drug-likeness (QED) is 0.690. The van der Waals surface area contributed by atoms with E-state index in [4.69, 9.17) is 0 Å². The third kappa shape index (κ3) is 1.86. The van der Waals surface area contributed by atoms with Gasteiger partial charge in [0.15, 0.2) is 0 Å². The highest BCUT2D eigenvalue weighted by Gasteiger charge is 2.34. The van der Waals surface area contributed by atoms with Crippen molar-refractivity contribution in [1.29, 1.82) is 0 Å². The van der Waals surface area contributed by atoms with Gasteiger partial charge in [0.25, 0.3) is 0 Å². The van der Waals surface area contributed by atoms with Gasteiger partial charge in [-0.3, -0.25) is 0 Å². The highest BCUT2D eigenvalue weighted by molar-refractivity contribution is 5.65. The van der Waals surface area contributed by atoms with E-state index < -0.39 is 0 Å². The molecule has 0 radical (unpaired) electrons. The molecule has 0 spiro atoms. The van der Waals surface area contributed by atoms with Crippen LogP contribution in [0.25, 0.3) is 0 Å². The maximum absolute atomic E-state index is 11.3. The van der Waals surface area contributed by atoms with Gasteiger partial charge in [-0.15, -0.1) is 0 Å². The van der Waals surface area contributed by atoms with E-state index in [-0.39, 0.29) is 5.92 Å². The van der Waals surface area contributed by atoms with Crippen LogP contribution in [-0.2, 0) is 11.2 Å². The molecule has 1 fully saturated rings. The number of aldehydes is 1. The zero-order valence-corrected chi connectivity index (χ0v) is 10.1. The van der Waals surface area contributed by atoms with Gasteiger partial charge in [-0.2, -0.15) is 0 Å². The van der Waals surface area contributed by atoms with Crippen LogP contribution in [0.15, 0.2) is 24.3 Å². The number of hydrogen-bond donors (Lipinski definition) is 0. The maximum Gasteiger partial charge on any atom is 0.125 e. The predicted molar refractivity (Wildman–Crippen MR) is 69.3 cm³/mol. The zero-order chi connectivity index (χ0) is 11.7. The number of carbonyl (C=O) groups excluding carboxylic acids is 1. The van der Waals surface area contributed by atoms with Crippen molar-refractivity contribution in [2.45, 2.75) is 38.1 Å². The summed E-state index contributed by atoms with van der Waals surface area (Å²) in [6.07, 6.45) is 7.13. The summed E-state index contributed by atoms with van der Waals surface area (Å²) in [5.41, 5.74) is 2.72. The molecule has 0 bridgehead atoms. The molecule has 17 heavy (non-hydrogen) atoms. The number of hydrogen-bond acceptors (Lipinski definition) is 2. The molecule has 2 aliphatic rings. The summed E-state index contributed by atoms with van der Waals surface area (Å²) in [4.78, 5) is 13.8. The fraction of sp³-hybridized carbons (Fsp3) is 0.533. The molecule has 90 valence electrons. The van der Waals surface area contributed by atoms with E-state index >= 15 is 0 Å². The van der Waals surface area contributed by atoms with Crippen LogP contribution in [0.5, 0.6) is 0 Å². The third-order valence-corrected chi connectivity index (χ3v) is 4.22. The van der Waals surface area contributed by atoms with E-state index in [1.165, 1.54) is 43.2 Å². The van der Waals surface area contributed by atoms with Crippen LogP contribution in [0.1, 0.15) is 31.2 Å². The minimum absolute atomic E-state index is 0.197. The van der Waals surface area contributed by atoms with Crippen molar-refractivity contribution in [3.63, 3.8) is 0 Å². The lowest BCUT2D eigenvalue weighted by Crippen LogP contribution is -2.45. The molecular weight excluding hydrogens is 210 g/mol. The number of carbonyl (C=O) groups is 1. The number of nitrogens with zero attached hydrogens (tertiary/aromatic N) is 1. The van der Waals surface area contributed by atoms with Crippen LogP contribution in [0.4, 0.5) is 5.69 Å². The Morgan fingerprint density at radius 2 is 2.06 bits per heavy atom. The molecule has 1 saturated heterocycles. The van der Waals surface area contributed by atoms with Gasteiger partial charge in [-0.25, -0.2) is 0 Å². The Morgan fingerprint density at radius 3 is 2.94 bits per heavy atom. The van der Waals surface area contributed by atoms with Crippen molar-refractivity contribution < 1.29 is 4.79 Å². The van der Waals surface area contributed by atoms with Gasteiger partial charge >= 0.3 is 0 Å². The van der Waals surface area contributed by atoms with E-state index in [2.05, 4.69) is 29.2 Å². The second-order valence-electron chi connectivity index (χ2n) is 5.24. The molecule has 0 aliphatic carbocycles. The first-order valence-electron chi connectivity index (χ1n) is 6.70. The first kappa shape index (κ1) is 10.8. The number of fused-ring (bicyclic) bond motifs is 3. The van der Waals surface area contributed by atoms with Crippen molar-refractivity contribution in [1.82, 2.24) is 0 Å². The molecule has 2 aliphatic heterocycles. The number of anilines is 1. The van der Waals surface area contributed by atoms with Gasteiger partial charge in [0.05, 0.1) is 0 Å². The second-order valence-corrected chi connectivity index (χ2v) is 5.24. The summed E-state index contributed by atoms with van der Waals surface area (Å²) in [5.74, 6) is 0.197. The molecule has 3 rings (SSSR count). The highest BCUT2D eigenvalue weighted by Crippen LogP contribution is 2.36. The lowest BCUT2D eigenvalue weighted by molar-refractivity contribution is -0.111. The molecule has 2 heteroatoms. The third-order valence-electron chi connectivity index (χ3n) is 4.22. The Kier molecular flexibility index (Phi) is 2.87. The van der Waals surface area contributed by atoms with Crippen LogP contribution in [0, 0.1) is 5.92 Å². The normalized spacial score (nSPS) is 27.9. The molecular formula is C15H19NO. The predicted octanol–water partition coefficient (Wildman–Crippen LogP) is 2.81. The largest absolute Gasteiger partial charge is 0.368 e. The fourth-order valence-corrected chi connectivity index (χ4v) is 3.37. The summed E-state index contributed by atoms with van der Waals surface area (Å²) in [6.45, 7) is 1.12. The lowest BCUT2D eigenvalue weighted by atomic mass is 9.85. The molecule has 2 nitrogen and oxygen atoms in total. The molecule has 2 heterocycles. The number of rotatable bonds is 1. The minimum Gasteiger partial charge on any atom is -0.368 e. The Balaban J connectivity index is 2.02. The lowest BCUT2D eigenvalue weighted by Gasteiger charge is -2.41. The second kappa shape index (κ2) is 4.52. The van der Waals surface area contributed by atoms with Crippen molar-refractivity contribution in [2.24, 2.45) is 5.92 Å². The monoisotopic (exact) mass is 229 g/mol. The van der Waals surface area contributed by atoms with Gasteiger partial charge in [-0.05, 0) is 30.9 Å². The topological polar surface area (TPSA) is 20.3 Å². The molecule has 2 atom stereocenters. The summed E-state index contributed by atoms with van der Waals surface area (Å²) >= 11 is 0. The summed E-state index contributed by atoms with van der Waals surface area (Å²) in [6, 6.07) is 9.03. The number of benzene rings is 1. The molecule has 0 aromatic heterocycles. The first-order chi connectivity index (χ1) is 8.40. The SMILES string of the molecule is O=C[C@@H]1Cc2ccccc2N2CCCCC[C@@H]12. The Bertz CT molecular complexity index is 415. The van der Waals surface area contributed by atoms with Crippen molar-refractivity contribution in [3.05, 3.63) is 29.8 Å². The van der Waals surface area contributed by atoms with Crippen LogP contribution in [-0.4, -0.2) is 18.9 Å². The molecule has 0 saturated carbocycles. The van der Waals surface area contributed by atoms with E-state index in [0.717, 1.165) is 13.0 Å². The van der Waals surface area contributed by atoms with Crippen LogP contribution < -0.4 is 4.90 Å². The average molecular weight is 229 g/mol. The van der Waals surface area contributed by atoms with Crippen molar-refractivity contribution in [3.8, 4) is 0 Å². The van der Waals surface area contributed by atoms with Crippen molar-refractivity contribution >= 4 is 12.0 Å². The molecule has 1 aromatic rings. The van der Waals surface area contributed by atoms with Gasteiger partial charge in [0.1, 0.15) is 6.29 Å². The van der Waals surface area contributed by atoms with Crippen LogP contribution >= 0.6 is 0 Å². The van der Waals surface area contributed by atoms with Gasteiger partial charge in [0.2, 0.25) is 0 Å². The van der Waals surface area contributed by atoms with E-state index in [1.807, 2.05) is 0 Å². The first-order valence-corrected chi connectivity index (χ1v) is 6.70. The summed E-state index contributed by atoms with van der Waals surface area (Å²) in [7, 11) is 0. The van der Waals surface area contributed by atoms with Crippen LogP contribution in [0.3, 0.4) is 0 Å². The molecule has 0 N–H and O–H groups in total. The fourth-order valence-electron chi connectivity index (χ4n) is 3.37. The molecule has 0 amide bonds. The van der Waals surface area contributed by atoms with E-state index in [9.17, 15) is 4.79 Å². The Hall–Kier alpha value is -1.31. The Labute approximate surface area is 103 Å². The zero-order valence-electron chi connectivity index (χ0n) is 10.1. The minimum atomic E-state index is 0.197. The van der Waals surface area contributed by atoms with E-state index in [0.29, 0.717) is 6.04 Å². The number of para-hydroxylation sites is 1. The van der Waals surface area contributed by atoms with Crippen LogP contribution in [0.2, 0.25) is 0 Å². The Morgan fingerprint density at radius 1 is 1.18 bits per heavy atom. The summed E-state index contributed by atoms with van der Waals surface area (Å²) < 4.78 is 0. The van der Waals surface area contributed by atoms with Gasteiger partial charge < -0.3 is 9.69 Å². The smallest absolute Gasteiger partial charge is 0.125 e. The van der Waals surface area contributed by atoms with Gasteiger partial charge in [-0.1, -0.05) is 31.0 Å². The van der Waals surface area contributed by atoms with E-state index in [1.54, 1.807) is 0 Å². The maximum atomic E-state index is 11.3. The van der Waals surface area contributed by atoms with Crippen molar-refractivity contribution in [2.75, 3.05) is 11.4 Å². The standard InChI is InChI=1S/C15H19NO/c17-11-13-10-12-6-3-4-8-14(12)16-9-5-1-2-7-15(13)16/h3-4,6,8,11,13,15H,1-2,5,7,9-10H2/t13-,15-/m0/s1. The highest BCUT2D eigenvalue weighted by atomic mass is 16.1. The molecule has 1 aromatic carbocycles. The average Bonchev–Trinajstić information content (AvgIpc) is 2.63. The molecule has 0 unspecified atom stereocenters.